The van der Waals surface area contributed by atoms with Crippen LogP contribution in [0.4, 0.5) is 5.00 Å². The van der Waals surface area contributed by atoms with E-state index in [0.717, 1.165) is 23.6 Å². The zero-order valence-electron chi connectivity index (χ0n) is 29.8. The summed E-state index contributed by atoms with van der Waals surface area (Å²) in [4.78, 5) is 5.63. The minimum absolute atomic E-state index is 0.851. The highest BCUT2D eigenvalue weighted by atomic mass is 32.1. The standard InChI is InChI=1S/C51H31N3S/c1-2-14-32-28-33(25-24-30(32)12-1)40-19-11-22-43(47-37-18-7-10-23-45(37)55-51(47)52-40)54-44-27-26-31-13-3-4-15-34(31)46(44)39-29-38-35-16-5-8-20-41(35)53-42-21-9-6-17-36(42)48(49(38)53)50(39)54/h1-10,12-18,20-29H,11,19H2/b43-22+,52-40+. The van der Waals surface area contributed by atoms with Gasteiger partial charge in [-0.25, -0.2) is 4.99 Å². The SMILES string of the molecule is C1=C(/n2c3ccc4ccccc4c3c3cc4c5ccccc5n5c6ccccc6c(c32)c45)c2c(sc3ccccc23)/N=C(/c2ccc3ccccc3c2)CC/1. The van der Waals surface area contributed by atoms with Crippen molar-refractivity contribution in [3.8, 4) is 0 Å². The largest absolute Gasteiger partial charge is 0.308 e. The van der Waals surface area contributed by atoms with Crippen LogP contribution in [0.5, 0.6) is 0 Å². The molecule has 0 saturated heterocycles. The van der Waals surface area contributed by atoms with E-state index in [9.17, 15) is 0 Å². The number of aliphatic imine (C=N–C) groups is 1. The summed E-state index contributed by atoms with van der Waals surface area (Å²) >= 11 is 1.81. The molecule has 4 aromatic heterocycles. The number of hydrogen-bond acceptors (Lipinski definition) is 2. The third kappa shape index (κ3) is 3.96. The fraction of sp³-hybridized carbons (Fsp3) is 0.0392. The van der Waals surface area contributed by atoms with Gasteiger partial charge in [0.2, 0.25) is 0 Å². The fourth-order valence-corrected chi connectivity index (χ4v) is 10.9. The first-order chi connectivity index (χ1) is 27.3. The molecule has 1 aliphatic rings. The number of rotatable bonds is 2. The normalized spacial score (nSPS) is 15.8. The molecule has 12 aromatic rings. The lowest BCUT2D eigenvalue weighted by atomic mass is 9.99. The van der Waals surface area contributed by atoms with Crippen molar-refractivity contribution in [2.24, 2.45) is 4.99 Å². The summed E-state index contributed by atoms with van der Waals surface area (Å²) in [6.45, 7) is 0. The van der Waals surface area contributed by atoms with Crippen molar-refractivity contribution >= 4 is 119 Å². The third-order valence-electron chi connectivity index (χ3n) is 12.1. The summed E-state index contributed by atoms with van der Waals surface area (Å²) in [6.07, 6.45) is 4.23. The van der Waals surface area contributed by atoms with Gasteiger partial charge < -0.3 is 8.97 Å². The maximum Gasteiger partial charge on any atom is 0.126 e. The van der Waals surface area contributed by atoms with E-state index in [-0.39, 0.29) is 0 Å². The Morgan fingerprint density at radius 3 is 2.05 bits per heavy atom. The van der Waals surface area contributed by atoms with Crippen molar-refractivity contribution in [3.63, 3.8) is 0 Å². The molecule has 0 spiro atoms. The van der Waals surface area contributed by atoms with Crippen LogP contribution in [0.15, 0.2) is 169 Å². The van der Waals surface area contributed by atoms with Crippen molar-refractivity contribution in [2.75, 3.05) is 0 Å². The maximum absolute atomic E-state index is 5.63. The first kappa shape index (κ1) is 29.7. The van der Waals surface area contributed by atoms with E-state index in [1.165, 1.54) is 108 Å². The molecule has 0 aliphatic carbocycles. The average molecular weight is 718 g/mol. The molecule has 0 N–H and O–H groups in total. The van der Waals surface area contributed by atoms with E-state index in [0.29, 0.717) is 0 Å². The molecule has 5 heterocycles. The highest BCUT2D eigenvalue weighted by Crippen LogP contribution is 2.51. The molecule has 55 heavy (non-hydrogen) atoms. The van der Waals surface area contributed by atoms with Crippen LogP contribution in [0, 0.1) is 0 Å². The quantitative estimate of drug-likeness (QED) is 0.170. The zero-order chi connectivity index (χ0) is 35.8. The van der Waals surface area contributed by atoms with Gasteiger partial charge in [-0.1, -0.05) is 127 Å². The summed E-state index contributed by atoms with van der Waals surface area (Å²) in [5, 5.41) is 15.1. The molecule has 8 aromatic carbocycles. The van der Waals surface area contributed by atoms with Gasteiger partial charge in [-0.05, 0) is 76.3 Å². The highest BCUT2D eigenvalue weighted by Gasteiger charge is 2.28. The van der Waals surface area contributed by atoms with Crippen LogP contribution < -0.4 is 0 Å². The topological polar surface area (TPSA) is 21.7 Å². The summed E-state index contributed by atoms with van der Waals surface area (Å²) in [5.74, 6) is 0. The molecule has 13 rings (SSSR count). The number of allylic oxidation sites excluding steroid dienone is 1. The van der Waals surface area contributed by atoms with E-state index >= 15 is 0 Å². The molecule has 256 valence electrons. The maximum atomic E-state index is 5.63. The third-order valence-corrected chi connectivity index (χ3v) is 13.2. The smallest absolute Gasteiger partial charge is 0.126 e. The van der Waals surface area contributed by atoms with Crippen LogP contribution in [0.2, 0.25) is 0 Å². The van der Waals surface area contributed by atoms with E-state index in [2.05, 4.69) is 173 Å². The Morgan fingerprint density at radius 1 is 0.491 bits per heavy atom. The average Bonchev–Trinajstić information content (AvgIpc) is 3.96. The van der Waals surface area contributed by atoms with E-state index < -0.39 is 0 Å². The Bertz CT molecular complexity index is 3660. The summed E-state index contributed by atoms with van der Waals surface area (Å²) < 4.78 is 6.38. The lowest BCUT2D eigenvalue weighted by Crippen LogP contribution is -2.05. The Hall–Kier alpha value is -6.75. The number of thiophene rings is 1. The molecule has 0 atom stereocenters. The van der Waals surface area contributed by atoms with E-state index in [1.54, 1.807) is 0 Å². The molecular weight excluding hydrogens is 687 g/mol. The molecule has 0 saturated carbocycles. The van der Waals surface area contributed by atoms with Crippen LogP contribution in [0.25, 0.3) is 97.2 Å². The predicted octanol–water partition coefficient (Wildman–Crippen LogP) is 14.3. The number of nitrogens with zero attached hydrogens (tertiary/aromatic N) is 3. The van der Waals surface area contributed by atoms with Crippen molar-refractivity contribution in [1.82, 2.24) is 8.97 Å². The second-order valence-corrected chi connectivity index (χ2v) is 16.0. The number of aromatic nitrogens is 2. The first-order valence-corrected chi connectivity index (χ1v) is 19.9. The Labute approximate surface area is 319 Å². The van der Waals surface area contributed by atoms with Crippen molar-refractivity contribution in [3.05, 3.63) is 175 Å². The van der Waals surface area contributed by atoms with Gasteiger partial charge in [0, 0.05) is 53.7 Å². The Kier molecular flexibility index (Phi) is 5.89. The van der Waals surface area contributed by atoms with Gasteiger partial charge in [0.1, 0.15) is 5.00 Å². The minimum Gasteiger partial charge on any atom is -0.308 e. The second-order valence-electron chi connectivity index (χ2n) is 15.0. The van der Waals surface area contributed by atoms with E-state index in [4.69, 9.17) is 4.99 Å². The first-order valence-electron chi connectivity index (χ1n) is 19.1. The Balaban J connectivity index is 1.20. The van der Waals surface area contributed by atoms with Crippen LogP contribution in [-0.2, 0) is 0 Å². The fourth-order valence-electron chi connectivity index (χ4n) is 9.79. The van der Waals surface area contributed by atoms with E-state index in [1.807, 2.05) is 11.3 Å². The summed E-state index contributed by atoms with van der Waals surface area (Å²) in [5.41, 5.74) is 11.0. The molecular formula is C51H31N3S. The molecule has 0 fully saturated rings. The number of benzene rings is 8. The number of para-hydroxylation sites is 2. The van der Waals surface area contributed by atoms with Gasteiger partial charge in [0.15, 0.2) is 0 Å². The van der Waals surface area contributed by atoms with Gasteiger partial charge >= 0.3 is 0 Å². The van der Waals surface area contributed by atoms with Gasteiger partial charge in [0.05, 0.1) is 33.3 Å². The van der Waals surface area contributed by atoms with Crippen molar-refractivity contribution < 1.29 is 0 Å². The summed E-state index contributed by atoms with van der Waals surface area (Å²) in [7, 11) is 0. The second kappa shape index (κ2) is 10.9. The molecule has 0 amide bonds. The molecule has 3 nitrogen and oxygen atoms in total. The zero-order valence-corrected chi connectivity index (χ0v) is 30.6. The lowest BCUT2D eigenvalue weighted by molar-refractivity contribution is 1.07. The Morgan fingerprint density at radius 2 is 1.18 bits per heavy atom. The lowest BCUT2D eigenvalue weighted by Gasteiger charge is -2.18. The molecule has 4 heteroatoms. The van der Waals surface area contributed by atoms with Crippen LogP contribution in [0.3, 0.4) is 0 Å². The van der Waals surface area contributed by atoms with Gasteiger partial charge in [-0.15, -0.1) is 11.3 Å². The highest BCUT2D eigenvalue weighted by molar-refractivity contribution is 7.23. The predicted molar refractivity (Wildman–Crippen MR) is 236 cm³/mol. The molecule has 0 bridgehead atoms. The van der Waals surface area contributed by atoms with Crippen LogP contribution >= 0.6 is 11.3 Å². The van der Waals surface area contributed by atoms with Gasteiger partial charge in [-0.2, -0.15) is 0 Å². The summed E-state index contributed by atoms with van der Waals surface area (Å²) in [6, 6.07) is 58.3. The monoisotopic (exact) mass is 717 g/mol. The van der Waals surface area contributed by atoms with Crippen molar-refractivity contribution in [1.29, 1.82) is 0 Å². The number of fused-ring (bicyclic) bond motifs is 16. The van der Waals surface area contributed by atoms with Gasteiger partial charge in [-0.3, -0.25) is 0 Å². The van der Waals surface area contributed by atoms with Crippen molar-refractivity contribution in [2.45, 2.75) is 12.8 Å². The van der Waals surface area contributed by atoms with Crippen LogP contribution in [-0.4, -0.2) is 14.7 Å². The number of hydrogen-bond donors (Lipinski definition) is 0. The van der Waals surface area contributed by atoms with Gasteiger partial charge in [0.25, 0.3) is 0 Å². The minimum atomic E-state index is 0.851. The van der Waals surface area contributed by atoms with Crippen LogP contribution in [0.1, 0.15) is 24.0 Å². The molecule has 0 radical (unpaired) electrons. The molecule has 0 unspecified atom stereocenters. The molecule has 1 aliphatic heterocycles.